The van der Waals surface area contributed by atoms with E-state index in [0.717, 1.165) is 24.4 Å². The van der Waals surface area contributed by atoms with Crippen LogP contribution in [0, 0.1) is 0 Å². The molecule has 0 amide bonds. The normalized spacial score (nSPS) is 11.3. The van der Waals surface area contributed by atoms with Crippen molar-refractivity contribution in [3.63, 3.8) is 0 Å². The molecule has 1 rings (SSSR count). The van der Waals surface area contributed by atoms with Crippen molar-refractivity contribution in [2.75, 3.05) is 19.0 Å². The Morgan fingerprint density at radius 3 is 2.78 bits per heavy atom. The van der Waals surface area contributed by atoms with Crippen molar-refractivity contribution < 1.29 is 4.74 Å². The van der Waals surface area contributed by atoms with E-state index in [9.17, 15) is 0 Å². The lowest BCUT2D eigenvalue weighted by atomic mass is 10.2. The lowest BCUT2D eigenvalue weighted by molar-refractivity contribution is 0.417. The zero-order valence-corrected chi connectivity index (χ0v) is 11.3. The van der Waals surface area contributed by atoms with E-state index in [1.54, 1.807) is 7.11 Å². The second-order valence-corrected chi connectivity index (χ2v) is 4.15. The molecule has 3 N–H and O–H groups in total. The molecule has 0 saturated carbocycles. The Labute approximate surface area is 109 Å². The fourth-order valence-corrected chi connectivity index (χ4v) is 1.66. The number of aliphatic imine (C=N–C) groups is 1. The predicted octanol–water partition coefficient (Wildman–Crippen LogP) is 3.00. The Balaban J connectivity index is 2.43. The minimum absolute atomic E-state index is 0.441. The number of ether oxygens (including phenoxy) is 1. The van der Waals surface area contributed by atoms with Crippen molar-refractivity contribution in [2.45, 2.75) is 32.6 Å². The molecule has 0 unspecified atom stereocenters. The van der Waals surface area contributed by atoms with Gasteiger partial charge in [-0.15, -0.1) is 0 Å². The van der Waals surface area contributed by atoms with Crippen molar-refractivity contribution >= 4 is 11.6 Å². The predicted molar refractivity (Wildman–Crippen MR) is 77.2 cm³/mol. The summed E-state index contributed by atoms with van der Waals surface area (Å²) in [6.07, 6.45) is 4.79. The smallest absolute Gasteiger partial charge is 0.193 e. The van der Waals surface area contributed by atoms with Crippen LogP contribution in [0.5, 0.6) is 5.75 Å². The minimum atomic E-state index is 0.441. The Bertz CT molecular complexity index is 377. The van der Waals surface area contributed by atoms with Gasteiger partial charge in [0.25, 0.3) is 0 Å². The molecule has 0 aromatic heterocycles. The number of nitrogens with zero attached hydrogens (tertiary/aromatic N) is 1. The fraction of sp³-hybridized carbons (Fsp3) is 0.500. The van der Waals surface area contributed by atoms with Crippen molar-refractivity contribution in [3.8, 4) is 5.75 Å². The molecule has 0 aliphatic rings. The number of methoxy groups -OCH3 is 1. The molecule has 0 aliphatic carbocycles. The molecule has 0 atom stereocenters. The van der Waals surface area contributed by atoms with Crippen LogP contribution in [-0.4, -0.2) is 19.6 Å². The Kier molecular flexibility index (Phi) is 6.69. The monoisotopic (exact) mass is 249 g/mol. The van der Waals surface area contributed by atoms with Gasteiger partial charge in [0, 0.05) is 6.54 Å². The van der Waals surface area contributed by atoms with Gasteiger partial charge in [-0.05, 0) is 18.6 Å². The quantitative estimate of drug-likeness (QED) is 0.443. The number of guanidine groups is 1. The second kappa shape index (κ2) is 8.39. The second-order valence-electron chi connectivity index (χ2n) is 4.15. The van der Waals surface area contributed by atoms with E-state index in [1.807, 2.05) is 24.3 Å². The number of benzene rings is 1. The first-order valence-electron chi connectivity index (χ1n) is 6.48. The highest BCUT2D eigenvalue weighted by molar-refractivity contribution is 5.93. The van der Waals surface area contributed by atoms with Crippen LogP contribution in [0.25, 0.3) is 0 Å². The molecular weight excluding hydrogens is 226 g/mol. The van der Waals surface area contributed by atoms with Gasteiger partial charge in [0.2, 0.25) is 0 Å². The number of para-hydroxylation sites is 2. The van der Waals surface area contributed by atoms with Crippen LogP contribution in [0.4, 0.5) is 5.69 Å². The Hall–Kier alpha value is -1.71. The van der Waals surface area contributed by atoms with Crippen LogP contribution in [0.15, 0.2) is 29.3 Å². The van der Waals surface area contributed by atoms with Crippen molar-refractivity contribution in [2.24, 2.45) is 10.7 Å². The number of nitrogens with two attached hydrogens (primary N) is 1. The van der Waals surface area contributed by atoms with Crippen molar-refractivity contribution in [3.05, 3.63) is 24.3 Å². The molecule has 0 spiro atoms. The summed E-state index contributed by atoms with van der Waals surface area (Å²) in [5.41, 5.74) is 6.67. The molecule has 0 fully saturated rings. The lowest BCUT2D eigenvalue weighted by Crippen LogP contribution is -2.23. The highest BCUT2D eigenvalue weighted by Crippen LogP contribution is 2.22. The molecular formula is C14H23N3O. The van der Waals surface area contributed by atoms with Gasteiger partial charge >= 0.3 is 0 Å². The van der Waals surface area contributed by atoms with E-state index in [2.05, 4.69) is 17.2 Å². The van der Waals surface area contributed by atoms with Gasteiger partial charge in [-0.25, -0.2) is 0 Å². The van der Waals surface area contributed by atoms with E-state index in [0.29, 0.717) is 5.96 Å². The van der Waals surface area contributed by atoms with Crippen LogP contribution in [0.2, 0.25) is 0 Å². The molecule has 0 saturated heterocycles. The first-order valence-corrected chi connectivity index (χ1v) is 6.48. The highest BCUT2D eigenvalue weighted by atomic mass is 16.5. The maximum Gasteiger partial charge on any atom is 0.193 e. The van der Waals surface area contributed by atoms with E-state index >= 15 is 0 Å². The van der Waals surface area contributed by atoms with Crippen LogP contribution in [0.1, 0.15) is 32.6 Å². The maximum absolute atomic E-state index is 5.83. The van der Waals surface area contributed by atoms with E-state index in [1.165, 1.54) is 19.3 Å². The summed E-state index contributed by atoms with van der Waals surface area (Å²) in [4.78, 5) is 4.29. The third-order valence-corrected chi connectivity index (χ3v) is 2.66. The first-order chi connectivity index (χ1) is 8.77. The van der Waals surface area contributed by atoms with E-state index < -0.39 is 0 Å². The summed E-state index contributed by atoms with van der Waals surface area (Å²) >= 11 is 0. The highest BCUT2D eigenvalue weighted by Gasteiger charge is 2.01. The van der Waals surface area contributed by atoms with Gasteiger partial charge in [-0.2, -0.15) is 0 Å². The third-order valence-electron chi connectivity index (χ3n) is 2.66. The number of unbranched alkanes of at least 4 members (excludes halogenated alkanes) is 3. The van der Waals surface area contributed by atoms with Gasteiger partial charge < -0.3 is 15.8 Å². The van der Waals surface area contributed by atoms with Crippen LogP contribution in [0.3, 0.4) is 0 Å². The Morgan fingerprint density at radius 2 is 2.06 bits per heavy atom. The zero-order valence-electron chi connectivity index (χ0n) is 11.3. The van der Waals surface area contributed by atoms with Crippen LogP contribution >= 0.6 is 0 Å². The maximum atomic E-state index is 5.83. The molecule has 0 heterocycles. The van der Waals surface area contributed by atoms with Gasteiger partial charge in [0.15, 0.2) is 5.96 Å². The number of hydrogen-bond acceptors (Lipinski definition) is 2. The molecule has 0 bridgehead atoms. The molecule has 100 valence electrons. The largest absolute Gasteiger partial charge is 0.495 e. The standard InChI is InChI=1S/C14H23N3O/c1-3-4-5-8-11-16-14(15)17-12-9-6-7-10-13(12)18-2/h6-7,9-10H,3-5,8,11H2,1-2H3,(H3,15,16,17). The summed E-state index contributed by atoms with van der Waals surface area (Å²) in [5, 5.41) is 3.06. The number of rotatable bonds is 7. The van der Waals surface area contributed by atoms with E-state index in [-0.39, 0.29) is 0 Å². The number of hydrogen-bond donors (Lipinski definition) is 2. The van der Waals surface area contributed by atoms with Gasteiger partial charge in [-0.3, -0.25) is 4.99 Å². The third kappa shape index (κ3) is 5.08. The fourth-order valence-electron chi connectivity index (χ4n) is 1.66. The summed E-state index contributed by atoms with van der Waals surface area (Å²) in [7, 11) is 1.64. The van der Waals surface area contributed by atoms with Crippen LogP contribution in [-0.2, 0) is 0 Å². The van der Waals surface area contributed by atoms with Crippen molar-refractivity contribution in [1.29, 1.82) is 0 Å². The lowest BCUT2D eigenvalue weighted by Gasteiger charge is -2.09. The van der Waals surface area contributed by atoms with Crippen LogP contribution < -0.4 is 15.8 Å². The molecule has 1 aromatic rings. The topological polar surface area (TPSA) is 59.6 Å². The van der Waals surface area contributed by atoms with E-state index in [4.69, 9.17) is 10.5 Å². The number of nitrogens with one attached hydrogen (secondary N) is 1. The average Bonchev–Trinajstić information content (AvgIpc) is 2.39. The molecule has 18 heavy (non-hydrogen) atoms. The summed E-state index contributed by atoms with van der Waals surface area (Å²) in [6, 6.07) is 7.65. The minimum Gasteiger partial charge on any atom is -0.495 e. The molecule has 1 aromatic carbocycles. The summed E-state index contributed by atoms with van der Waals surface area (Å²) < 4.78 is 5.23. The van der Waals surface area contributed by atoms with Gasteiger partial charge in [0.1, 0.15) is 5.75 Å². The molecule has 0 aliphatic heterocycles. The first kappa shape index (κ1) is 14.4. The van der Waals surface area contributed by atoms with Gasteiger partial charge in [0.05, 0.1) is 12.8 Å². The zero-order chi connectivity index (χ0) is 13.2. The molecule has 4 nitrogen and oxygen atoms in total. The average molecular weight is 249 g/mol. The molecule has 4 heteroatoms. The van der Waals surface area contributed by atoms with Crippen molar-refractivity contribution in [1.82, 2.24) is 0 Å². The van der Waals surface area contributed by atoms with Gasteiger partial charge in [-0.1, -0.05) is 38.3 Å². The Morgan fingerprint density at radius 1 is 1.28 bits per heavy atom. The summed E-state index contributed by atoms with van der Waals surface area (Å²) in [6.45, 7) is 2.97. The molecule has 0 radical (unpaired) electrons. The SMILES string of the molecule is CCCCCCN=C(N)Nc1ccccc1OC. The number of anilines is 1. The summed E-state index contributed by atoms with van der Waals surface area (Å²) in [5.74, 6) is 1.21.